The summed E-state index contributed by atoms with van der Waals surface area (Å²) in [7, 11) is 0. The Hall–Kier alpha value is -1.07. The second-order valence-corrected chi connectivity index (χ2v) is 5.90. The molecule has 0 aromatic heterocycles. The summed E-state index contributed by atoms with van der Waals surface area (Å²) in [5.41, 5.74) is 6.73. The average Bonchev–Trinajstić information content (AvgIpc) is 2.39. The number of nitrogens with one attached hydrogen (secondary N) is 2. The highest BCUT2D eigenvalue weighted by molar-refractivity contribution is 9.10. The van der Waals surface area contributed by atoms with Gasteiger partial charge in [-0.3, -0.25) is 4.79 Å². The molecule has 1 fully saturated rings. The Morgan fingerprint density at radius 2 is 2.37 bits per heavy atom. The fourth-order valence-electron chi connectivity index (χ4n) is 2.46. The van der Waals surface area contributed by atoms with E-state index in [4.69, 9.17) is 5.73 Å². The maximum absolute atomic E-state index is 11.4. The Balaban J connectivity index is 1.91. The van der Waals surface area contributed by atoms with E-state index in [-0.39, 0.29) is 0 Å². The van der Waals surface area contributed by atoms with Crippen molar-refractivity contribution in [1.29, 1.82) is 0 Å². The molecule has 104 valence electrons. The molecule has 1 heterocycles. The normalized spacial score (nSPS) is 19.1. The molecule has 1 aliphatic heterocycles. The zero-order chi connectivity index (χ0) is 13.7. The van der Waals surface area contributed by atoms with Crippen molar-refractivity contribution in [2.45, 2.75) is 19.3 Å². The van der Waals surface area contributed by atoms with E-state index in [1.54, 1.807) is 6.07 Å². The highest BCUT2D eigenvalue weighted by Gasteiger charge is 2.13. The van der Waals surface area contributed by atoms with Gasteiger partial charge in [-0.2, -0.15) is 0 Å². The van der Waals surface area contributed by atoms with Crippen molar-refractivity contribution in [2.24, 2.45) is 11.7 Å². The molecule has 1 aromatic rings. The van der Waals surface area contributed by atoms with Gasteiger partial charge >= 0.3 is 0 Å². The molecular weight excluding hydrogens is 306 g/mol. The van der Waals surface area contributed by atoms with Crippen LogP contribution in [0, 0.1) is 5.92 Å². The van der Waals surface area contributed by atoms with Crippen molar-refractivity contribution in [3.05, 3.63) is 28.2 Å². The van der Waals surface area contributed by atoms with E-state index in [0.29, 0.717) is 5.56 Å². The summed E-state index contributed by atoms with van der Waals surface area (Å²) in [4.78, 5) is 11.4. The summed E-state index contributed by atoms with van der Waals surface area (Å²) in [6.45, 7) is 3.10. The number of carbonyl (C=O) groups is 1. The minimum atomic E-state index is -0.394. The first-order chi connectivity index (χ1) is 9.16. The van der Waals surface area contributed by atoms with Crippen molar-refractivity contribution >= 4 is 27.5 Å². The van der Waals surface area contributed by atoms with Crippen LogP contribution < -0.4 is 16.4 Å². The van der Waals surface area contributed by atoms with Crippen LogP contribution >= 0.6 is 15.9 Å². The number of amides is 1. The number of piperidine rings is 1. The van der Waals surface area contributed by atoms with E-state index in [2.05, 4.69) is 26.6 Å². The van der Waals surface area contributed by atoms with Gasteiger partial charge in [0.25, 0.3) is 5.91 Å². The largest absolute Gasteiger partial charge is 0.384 e. The van der Waals surface area contributed by atoms with Gasteiger partial charge in [-0.15, -0.1) is 0 Å². The fourth-order valence-corrected chi connectivity index (χ4v) is 2.82. The smallest absolute Gasteiger partial charge is 0.250 e. The van der Waals surface area contributed by atoms with E-state index < -0.39 is 5.91 Å². The molecule has 4 nitrogen and oxygen atoms in total. The lowest BCUT2D eigenvalue weighted by Crippen LogP contribution is -2.30. The van der Waals surface area contributed by atoms with Crippen LogP contribution in [0.3, 0.4) is 0 Å². The van der Waals surface area contributed by atoms with Crippen molar-refractivity contribution in [2.75, 3.05) is 25.0 Å². The lowest BCUT2D eigenvalue weighted by molar-refractivity contribution is 0.100. The molecule has 19 heavy (non-hydrogen) atoms. The van der Waals surface area contributed by atoms with Gasteiger partial charge in [0.05, 0.1) is 5.56 Å². The molecule has 1 saturated heterocycles. The van der Waals surface area contributed by atoms with Crippen molar-refractivity contribution in [1.82, 2.24) is 5.32 Å². The van der Waals surface area contributed by atoms with Gasteiger partial charge in [-0.05, 0) is 56.5 Å². The van der Waals surface area contributed by atoms with E-state index in [9.17, 15) is 4.79 Å². The Kier molecular flexibility index (Phi) is 5.22. The maximum Gasteiger partial charge on any atom is 0.250 e. The van der Waals surface area contributed by atoms with Gasteiger partial charge in [-0.25, -0.2) is 0 Å². The number of hydrogen-bond donors (Lipinski definition) is 3. The minimum absolute atomic E-state index is 0.394. The van der Waals surface area contributed by atoms with E-state index in [1.807, 2.05) is 12.1 Å². The van der Waals surface area contributed by atoms with Gasteiger partial charge in [-0.1, -0.05) is 15.9 Å². The number of rotatable bonds is 5. The first-order valence-corrected chi connectivity index (χ1v) is 7.50. The Bertz CT molecular complexity index is 444. The SMILES string of the molecule is NC(=O)c1ccc(Br)cc1NCCC1CCCNC1. The summed E-state index contributed by atoms with van der Waals surface area (Å²) < 4.78 is 0.944. The molecule has 5 heteroatoms. The van der Waals surface area contributed by atoms with Crippen LogP contribution in [0.25, 0.3) is 0 Å². The highest BCUT2D eigenvalue weighted by Crippen LogP contribution is 2.22. The highest BCUT2D eigenvalue weighted by atomic mass is 79.9. The number of nitrogens with two attached hydrogens (primary N) is 1. The molecule has 2 rings (SSSR count). The van der Waals surface area contributed by atoms with Gasteiger partial charge in [0, 0.05) is 16.7 Å². The van der Waals surface area contributed by atoms with Crippen molar-refractivity contribution in [3.8, 4) is 0 Å². The molecule has 0 spiro atoms. The molecule has 4 N–H and O–H groups in total. The van der Waals surface area contributed by atoms with Gasteiger partial charge in [0.1, 0.15) is 0 Å². The summed E-state index contributed by atoms with van der Waals surface area (Å²) >= 11 is 3.41. The third-order valence-electron chi connectivity index (χ3n) is 3.51. The molecule has 1 aromatic carbocycles. The quantitative estimate of drug-likeness (QED) is 0.778. The van der Waals surface area contributed by atoms with E-state index >= 15 is 0 Å². The number of carbonyl (C=O) groups excluding carboxylic acids is 1. The van der Waals surface area contributed by atoms with Crippen LogP contribution in [-0.4, -0.2) is 25.5 Å². The second-order valence-electron chi connectivity index (χ2n) is 4.98. The number of halogens is 1. The molecule has 0 bridgehead atoms. The molecule has 0 aliphatic carbocycles. The molecular formula is C14H20BrN3O. The van der Waals surface area contributed by atoms with Crippen LogP contribution in [0.2, 0.25) is 0 Å². The van der Waals surface area contributed by atoms with Crippen molar-refractivity contribution < 1.29 is 4.79 Å². The monoisotopic (exact) mass is 325 g/mol. The van der Waals surface area contributed by atoms with Gasteiger partial charge < -0.3 is 16.4 Å². The van der Waals surface area contributed by atoms with Crippen LogP contribution in [0.1, 0.15) is 29.6 Å². The predicted molar refractivity (Wildman–Crippen MR) is 81.4 cm³/mol. The maximum atomic E-state index is 11.4. The van der Waals surface area contributed by atoms with E-state index in [1.165, 1.54) is 12.8 Å². The zero-order valence-electron chi connectivity index (χ0n) is 10.9. The van der Waals surface area contributed by atoms with Crippen LogP contribution in [0.4, 0.5) is 5.69 Å². The molecule has 1 aliphatic rings. The van der Waals surface area contributed by atoms with Crippen LogP contribution in [0.5, 0.6) is 0 Å². The summed E-state index contributed by atoms with van der Waals surface area (Å²) in [5.74, 6) is 0.333. The summed E-state index contributed by atoms with van der Waals surface area (Å²) in [5, 5.41) is 6.74. The lowest BCUT2D eigenvalue weighted by atomic mass is 9.96. The average molecular weight is 326 g/mol. The standard InChI is InChI=1S/C14H20BrN3O/c15-11-3-4-12(14(16)19)13(8-11)18-7-5-10-2-1-6-17-9-10/h3-4,8,10,17-18H,1-2,5-7,9H2,(H2,16,19). The topological polar surface area (TPSA) is 67.2 Å². The third kappa shape index (κ3) is 4.21. The van der Waals surface area contributed by atoms with Gasteiger partial charge in [0.2, 0.25) is 0 Å². The zero-order valence-corrected chi connectivity index (χ0v) is 12.5. The number of hydrogen-bond acceptors (Lipinski definition) is 3. The minimum Gasteiger partial charge on any atom is -0.384 e. The first kappa shape index (κ1) is 14.3. The lowest BCUT2D eigenvalue weighted by Gasteiger charge is -2.23. The molecule has 0 saturated carbocycles. The Morgan fingerprint density at radius 1 is 1.53 bits per heavy atom. The molecule has 1 atom stereocenters. The Morgan fingerprint density at radius 3 is 3.05 bits per heavy atom. The third-order valence-corrected chi connectivity index (χ3v) is 4.01. The molecule has 0 radical (unpaired) electrons. The van der Waals surface area contributed by atoms with E-state index in [0.717, 1.165) is 42.1 Å². The number of anilines is 1. The summed E-state index contributed by atoms with van der Waals surface area (Å²) in [6, 6.07) is 5.48. The van der Waals surface area contributed by atoms with Crippen molar-refractivity contribution in [3.63, 3.8) is 0 Å². The number of benzene rings is 1. The van der Waals surface area contributed by atoms with Crippen LogP contribution in [0.15, 0.2) is 22.7 Å². The summed E-state index contributed by atoms with van der Waals surface area (Å²) in [6.07, 6.45) is 3.65. The predicted octanol–water partition coefficient (Wildman–Crippen LogP) is 2.35. The first-order valence-electron chi connectivity index (χ1n) is 6.71. The van der Waals surface area contributed by atoms with Gasteiger partial charge in [0.15, 0.2) is 0 Å². The molecule has 1 amide bonds. The molecule has 1 unspecified atom stereocenters. The second kappa shape index (κ2) is 6.91. The number of primary amides is 1. The van der Waals surface area contributed by atoms with Crippen LogP contribution in [-0.2, 0) is 0 Å². The fraction of sp³-hybridized carbons (Fsp3) is 0.500. The Labute approximate surface area is 122 Å².